The second kappa shape index (κ2) is 5.68. The number of hydrogen-bond donors (Lipinski definition) is 2. The summed E-state index contributed by atoms with van der Waals surface area (Å²) in [6, 6.07) is -0.275. The van der Waals surface area contributed by atoms with Gasteiger partial charge in [-0.2, -0.15) is 0 Å². The molecule has 2 rings (SSSR count). The maximum absolute atomic E-state index is 12.0. The number of aliphatic carboxylic acids is 1. The van der Waals surface area contributed by atoms with E-state index in [1.54, 1.807) is 11.9 Å². The first-order valence-corrected chi connectivity index (χ1v) is 6.90. The van der Waals surface area contributed by atoms with Gasteiger partial charge in [-0.1, -0.05) is 6.42 Å². The van der Waals surface area contributed by atoms with Crippen LogP contribution in [0.1, 0.15) is 25.7 Å². The minimum atomic E-state index is -0.825. The van der Waals surface area contributed by atoms with Crippen LogP contribution in [0.3, 0.4) is 0 Å². The van der Waals surface area contributed by atoms with E-state index in [-0.39, 0.29) is 30.3 Å². The molecule has 1 aliphatic heterocycles. The second-order valence-electron chi connectivity index (χ2n) is 5.82. The predicted molar refractivity (Wildman–Crippen MR) is 71.1 cm³/mol. The van der Waals surface area contributed by atoms with E-state index in [9.17, 15) is 14.4 Å². The Labute approximate surface area is 117 Å². The molecular weight excluding hydrogens is 262 g/mol. The molecule has 2 fully saturated rings. The van der Waals surface area contributed by atoms with E-state index in [0.717, 1.165) is 19.3 Å². The van der Waals surface area contributed by atoms with Crippen molar-refractivity contribution in [3.05, 3.63) is 0 Å². The molecule has 0 atom stereocenters. The van der Waals surface area contributed by atoms with Crippen LogP contribution in [-0.2, 0) is 9.59 Å². The Morgan fingerprint density at radius 2 is 2.05 bits per heavy atom. The van der Waals surface area contributed by atoms with Crippen molar-refractivity contribution in [3.63, 3.8) is 0 Å². The molecular formula is C13H21N3O4. The summed E-state index contributed by atoms with van der Waals surface area (Å²) in [5.41, 5.74) is -0.294. The third kappa shape index (κ3) is 3.20. The summed E-state index contributed by atoms with van der Waals surface area (Å²) in [4.78, 5) is 37.5. The summed E-state index contributed by atoms with van der Waals surface area (Å²) in [7, 11) is 1.72. The number of piperazine rings is 1. The fourth-order valence-electron chi connectivity index (χ4n) is 2.72. The van der Waals surface area contributed by atoms with Crippen LogP contribution in [0.2, 0.25) is 0 Å². The van der Waals surface area contributed by atoms with E-state index >= 15 is 0 Å². The lowest BCUT2D eigenvalue weighted by Gasteiger charge is -2.41. The SMILES string of the molecule is CN1CCN(C(=O)NCC2(CC(=O)O)CCC2)CC1=O. The van der Waals surface area contributed by atoms with Crippen molar-refractivity contribution in [2.45, 2.75) is 25.7 Å². The minimum Gasteiger partial charge on any atom is -0.481 e. The summed E-state index contributed by atoms with van der Waals surface area (Å²) in [5, 5.41) is 11.7. The Morgan fingerprint density at radius 3 is 2.55 bits per heavy atom. The molecule has 1 heterocycles. The first-order valence-electron chi connectivity index (χ1n) is 6.90. The summed E-state index contributed by atoms with van der Waals surface area (Å²) in [6.45, 7) is 1.51. The van der Waals surface area contributed by atoms with E-state index in [0.29, 0.717) is 19.6 Å². The van der Waals surface area contributed by atoms with Crippen LogP contribution in [0, 0.1) is 5.41 Å². The van der Waals surface area contributed by atoms with Gasteiger partial charge in [0, 0.05) is 26.7 Å². The maximum atomic E-state index is 12.0. The van der Waals surface area contributed by atoms with Gasteiger partial charge in [0.05, 0.1) is 6.42 Å². The Balaban J connectivity index is 1.82. The standard InChI is InChI=1S/C13H21N3O4/c1-15-5-6-16(8-10(15)17)12(20)14-9-13(3-2-4-13)7-11(18)19/h2-9H2,1H3,(H,14,20)(H,18,19). The summed E-state index contributed by atoms with van der Waals surface area (Å²) >= 11 is 0. The molecule has 3 amide bonds. The normalized spacial score (nSPS) is 21.4. The number of hydrogen-bond acceptors (Lipinski definition) is 3. The average molecular weight is 283 g/mol. The van der Waals surface area contributed by atoms with E-state index in [2.05, 4.69) is 5.32 Å². The lowest BCUT2D eigenvalue weighted by atomic mass is 9.66. The lowest BCUT2D eigenvalue weighted by molar-refractivity contribution is -0.141. The first kappa shape index (κ1) is 14.6. The highest BCUT2D eigenvalue weighted by Crippen LogP contribution is 2.43. The zero-order chi connectivity index (χ0) is 14.8. The topological polar surface area (TPSA) is 89.9 Å². The van der Waals surface area contributed by atoms with Gasteiger partial charge in [-0.3, -0.25) is 9.59 Å². The molecule has 1 saturated carbocycles. The summed E-state index contributed by atoms with van der Waals surface area (Å²) in [5.74, 6) is -0.899. The average Bonchev–Trinajstić information content (AvgIpc) is 2.35. The molecule has 0 aromatic rings. The van der Waals surface area contributed by atoms with Crippen molar-refractivity contribution in [1.82, 2.24) is 15.1 Å². The van der Waals surface area contributed by atoms with Gasteiger partial charge in [-0.15, -0.1) is 0 Å². The number of carbonyl (C=O) groups is 3. The third-order valence-corrected chi connectivity index (χ3v) is 4.30. The van der Waals surface area contributed by atoms with Crippen molar-refractivity contribution in [3.8, 4) is 0 Å². The first-order chi connectivity index (χ1) is 9.42. The number of urea groups is 1. The molecule has 7 heteroatoms. The zero-order valence-corrected chi connectivity index (χ0v) is 11.7. The van der Waals surface area contributed by atoms with E-state index in [4.69, 9.17) is 5.11 Å². The molecule has 112 valence electrons. The maximum Gasteiger partial charge on any atom is 0.317 e. The van der Waals surface area contributed by atoms with Gasteiger partial charge in [0.2, 0.25) is 5.91 Å². The van der Waals surface area contributed by atoms with Crippen molar-refractivity contribution < 1.29 is 19.5 Å². The number of rotatable bonds is 4. The van der Waals surface area contributed by atoms with Crippen LogP contribution in [0.15, 0.2) is 0 Å². The van der Waals surface area contributed by atoms with Crippen LogP contribution in [0.25, 0.3) is 0 Å². The van der Waals surface area contributed by atoms with Gasteiger partial charge >= 0.3 is 12.0 Å². The fraction of sp³-hybridized carbons (Fsp3) is 0.769. The molecule has 0 spiro atoms. The van der Waals surface area contributed by atoms with Crippen LogP contribution in [-0.4, -0.2) is 66.0 Å². The fourth-order valence-corrected chi connectivity index (χ4v) is 2.72. The highest BCUT2D eigenvalue weighted by atomic mass is 16.4. The van der Waals surface area contributed by atoms with Crippen molar-refractivity contribution in [2.24, 2.45) is 5.41 Å². The molecule has 20 heavy (non-hydrogen) atoms. The molecule has 0 bridgehead atoms. The highest BCUT2D eigenvalue weighted by Gasteiger charge is 2.39. The number of likely N-dealkylation sites (N-methyl/N-ethyl adjacent to an activating group) is 1. The molecule has 0 aromatic heterocycles. The number of nitrogens with one attached hydrogen (secondary N) is 1. The van der Waals surface area contributed by atoms with Gasteiger partial charge in [-0.25, -0.2) is 4.79 Å². The Kier molecular flexibility index (Phi) is 4.15. The predicted octanol–water partition coefficient (Wildman–Crippen LogP) is 0.115. The third-order valence-electron chi connectivity index (χ3n) is 4.30. The van der Waals surface area contributed by atoms with Crippen LogP contribution >= 0.6 is 0 Å². The number of carboxylic acid groups (broad SMARTS) is 1. The molecule has 0 radical (unpaired) electrons. The summed E-state index contributed by atoms with van der Waals surface area (Å²) in [6.07, 6.45) is 2.77. The molecule has 0 unspecified atom stereocenters. The highest BCUT2D eigenvalue weighted by molar-refractivity contribution is 5.85. The smallest absolute Gasteiger partial charge is 0.317 e. The minimum absolute atomic E-state index is 0.0738. The van der Waals surface area contributed by atoms with Gasteiger partial charge < -0.3 is 20.2 Å². The monoisotopic (exact) mass is 283 g/mol. The van der Waals surface area contributed by atoms with Crippen molar-refractivity contribution in [1.29, 1.82) is 0 Å². The Morgan fingerprint density at radius 1 is 1.35 bits per heavy atom. The summed E-state index contributed by atoms with van der Waals surface area (Å²) < 4.78 is 0. The van der Waals surface area contributed by atoms with Crippen LogP contribution < -0.4 is 5.32 Å². The Bertz CT molecular complexity index is 420. The molecule has 2 aliphatic rings. The van der Waals surface area contributed by atoms with Gasteiger partial charge in [0.15, 0.2) is 0 Å². The molecule has 2 N–H and O–H groups in total. The number of amides is 3. The van der Waals surface area contributed by atoms with Gasteiger partial charge in [0.25, 0.3) is 0 Å². The van der Waals surface area contributed by atoms with Crippen molar-refractivity contribution >= 4 is 17.9 Å². The van der Waals surface area contributed by atoms with Crippen LogP contribution in [0.5, 0.6) is 0 Å². The van der Waals surface area contributed by atoms with E-state index in [1.807, 2.05) is 0 Å². The van der Waals surface area contributed by atoms with Crippen LogP contribution in [0.4, 0.5) is 4.79 Å². The number of nitrogens with zero attached hydrogens (tertiary/aromatic N) is 2. The molecule has 1 saturated heterocycles. The number of carboxylic acids is 1. The van der Waals surface area contributed by atoms with Crippen molar-refractivity contribution in [2.75, 3.05) is 33.2 Å². The second-order valence-corrected chi connectivity index (χ2v) is 5.82. The molecule has 1 aliphatic carbocycles. The van der Waals surface area contributed by atoms with Gasteiger partial charge in [0.1, 0.15) is 6.54 Å². The molecule has 0 aromatic carbocycles. The van der Waals surface area contributed by atoms with E-state index in [1.165, 1.54) is 4.90 Å². The quantitative estimate of drug-likeness (QED) is 0.766. The number of carbonyl (C=O) groups excluding carboxylic acids is 2. The zero-order valence-electron chi connectivity index (χ0n) is 11.7. The Hall–Kier alpha value is -1.79. The van der Waals surface area contributed by atoms with E-state index < -0.39 is 5.97 Å². The lowest BCUT2D eigenvalue weighted by Crippen LogP contribution is -2.55. The van der Waals surface area contributed by atoms with Gasteiger partial charge in [-0.05, 0) is 18.3 Å². The largest absolute Gasteiger partial charge is 0.481 e. The molecule has 7 nitrogen and oxygen atoms in total.